The Bertz CT molecular complexity index is 397. The highest BCUT2D eigenvalue weighted by atomic mass is 14.1. The SMILES string of the molecule is CCCC/C=C(/C#CC(C)(C)C)B(C(C)C(C)C)C(C)C(C)C. The Morgan fingerprint density at radius 2 is 1.43 bits per heavy atom. The Labute approximate surface area is 148 Å². The first-order valence-corrected chi connectivity index (χ1v) is 9.74. The maximum atomic E-state index is 3.60. The minimum atomic E-state index is 0.0660. The van der Waals surface area contributed by atoms with E-state index in [0.717, 1.165) is 6.42 Å². The summed E-state index contributed by atoms with van der Waals surface area (Å²) >= 11 is 0. The van der Waals surface area contributed by atoms with Gasteiger partial charge in [-0.1, -0.05) is 103 Å². The van der Waals surface area contributed by atoms with Crippen molar-refractivity contribution in [2.24, 2.45) is 17.3 Å². The maximum absolute atomic E-state index is 3.60. The standard InChI is InChI=1S/C22H41B/c1-11-12-13-14-21(15-16-22(8,9)10)23(19(6)17(2)3)20(7)18(4)5/h14,17-20H,11-13H2,1-10H3/b21-14-. The molecule has 0 fully saturated rings. The van der Waals surface area contributed by atoms with E-state index in [9.17, 15) is 0 Å². The third-order valence-electron chi connectivity index (χ3n) is 5.10. The van der Waals surface area contributed by atoms with Gasteiger partial charge < -0.3 is 0 Å². The number of hydrogen-bond donors (Lipinski definition) is 0. The Balaban J connectivity index is 5.77. The first-order valence-electron chi connectivity index (χ1n) is 9.74. The van der Waals surface area contributed by atoms with Crippen molar-refractivity contribution in [2.75, 3.05) is 0 Å². The van der Waals surface area contributed by atoms with E-state index in [2.05, 4.69) is 87.2 Å². The molecule has 0 nitrogen and oxygen atoms in total. The Hall–Kier alpha value is -0.635. The Kier molecular flexibility index (Phi) is 9.99. The van der Waals surface area contributed by atoms with Crippen molar-refractivity contribution in [3.8, 4) is 11.8 Å². The van der Waals surface area contributed by atoms with Gasteiger partial charge in [0.1, 0.15) is 0 Å². The molecule has 2 unspecified atom stereocenters. The van der Waals surface area contributed by atoms with E-state index >= 15 is 0 Å². The van der Waals surface area contributed by atoms with Crippen LogP contribution in [0, 0.1) is 29.1 Å². The van der Waals surface area contributed by atoms with Crippen LogP contribution in [0.3, 0.4) is 0 Å². The van der Waals surface area contributed by atoms with E-state index in [1.165, 1.54) is 18.3 Å². The number of allylic oxidation sites excluding steroid dienone is 2. The molecule has 0 saturated carbocycles. The molecule has 0 aromatic heterocycles. The molecule has 0 bridgehead atoms. The average Bonchev–Trinajstić information content (AvgIpc) is 2.42. The van der Waals surface area contributed by atoms with Crippen LogP contribution >= 0.6 is 0 Å². The van der Waals surface area contributed by atoms with E-state index in [-0.39, 0.29) is 5.41 Å². The molecule has 0 aliphatic rings. The molecule has 0 amide bonds. The minimum Gasteiger partial charge on any atom is -0.0932 e. The fraction of sp³-hybridized carbons (Fsp3) is 0.818. The molecule has 0 saturated heterocycles. The van der Waals surface area contributed by atoms with Crippen LogP contribution in [0.15, 0.2) is 11.5 Å². The van der Waals surface area contributed by atoms with Gasteiger partial charge in [-0.25, -0.2) is 0 Å². The molecule has 0 rings (SSSR count). The lowest BCUT2D eigenvalue weighted by Crippen LogP contribution is -2.32. The van der Waals surface area contributed by atoms with Crippen LogP contribution in [-0.4, -0.2) is 6.71 Å². The van der Waals surface area contributed by atoms with Crippen molar-refractivity contribution in [3.63, 3.8) is 0 Å². The molecule has 23 heavy (non-hydrogen) atoms. The molecule has 0 aromatic rings. The number of rotatable bonds is 8. The van der Waals surface area contributed by atoms with Gasteiger partial charge in [-0.05, 0) is 32.7 Å². The van der Waals surface area contributed by atoms with Crippen molar-refractivity contribution in [1.82, 2.24) is 0 Å². The van der Waals surface area contributed by atoms with Crippen LogP contribution in [0.1, 0.15) is 88.5 Å². The molecule has 132 valence electrons. The summed E-state index contributed by atoms with van der Waals surface area (Å²) in [5.41, 5.74) is 1.46. The monoisotopic (exact) mass is 316 g/mol. The first-order chi connectivity index (χ1) is 10.5. The lowest BCUT2D eigenvalue weighted by molar-refractivity contribution is 0.564. The van der Waals surface area contributed by atoms with E-state index in [1.807, 2.05) is 0 Å². The highest BCUT2D eigenvalue weighted by Crippen LogP contribution is 2.36. The summed E-state index contributed by atoms with van der Waals surface area (Å²) in [6.45, 7) is 23.7. The third-order valence-corrected chi connectivity index (χ3v) is 5.10. The van der Waals surface area contributed by atoms with Crippen molar-refractivity contribution in [2.45, 2.75) is 100 Å². The molecule has 1 heteroatoms. The third kappa shape index (κ3) is 8.69. The summed E-state index contributed by atoms with van der Waals surface area (Å²) in [6, 6.07) is 0. The molecule has 0 aromatic carbocycles. The van der Waals surface area contributed by atoms with Gasteiger partial charge in [0.15, 0.2) is 6.71 Å². The topological polar surface area (TPSA) is 0 Å². The fourth-order valence-electron chi connectivity index (χ4n) is 2.87. The quantitative estimate of drug-likeness (QED) is 0.251. The van der Waals surface area contributed by atoms with Gasteiger partial charge in [-0.3, -0.25) is 0 Å². The van der Waals surface area contributed by atoms with E-state index < -0.39 is 0 Å². The number of unbranched alkanes of at least 4 members (excludes halogenated alkanes) is 2. The van der Waals surface area contributed by atoms with E-state index in [1.54, 1.807) is 0 Å². The van der Waals surface area contributed by atoms with Crippen molar-refractivity contribution < 1.29 is 0 Å². The van der Waals surface area contributed by atoms with Crippen molar-refractivity contribution >= 4 is 6.71 Å². The first kappa shape index (κ1) is 22.4. The largest absolute Gasteiger partial charge is 0.192 e. The maximum Gasteiger partial charge on any atom is 0.192 e. The highest BCUT2D eigenvalue weighted by molar-refractivity contribution is 6.70. The van der Waals surface area contributed by atoms with Crippen LogP contribution in [0.2, 0.25) is 11.6 Å². The lowest BCUT2D eigenvalue weighted by Gasteiger charge is -2.32. The van der Waals surface area contributed by atoms with Gasteiger partial charge in [-0.2, -0.15) is 0 Å². The zero-order valence-electron chi connectivity index (χ0n) is 17.6. The fourth-order valence-corrected chi connectivity index (χ4v) is 2.87. The molecule has 2 atom stereocenters. The lowest BCUT2D eigenvalue weighted by atomic mass is 9.28. The zero-order chi connectivity index (χ0) is 18.2. The summed E-state index contributed by atoms with van der Waals surface area (Å²) in [6.07, 6.45) is 6.13. The van der Waals surface area contributed by atoms with Crippen LogP contribution in [0.4, 0.5) is 0 Å². The van der Waals surface area contributed by atoms with Gasteiger partial charge in [0, 0.05) is 5.41 Å². The Morgan fingerprint density at radius 1 is 0.957 bits per heavy atom. The molecule has 0 aliphatic carbocycles. The smallest absolute Gasteiger partial charge is 0.0932 e. The normalized spacial score (nSPS) is 15.4. The van der Waals surface area contributed by atoms with Gasteiger partial charge in [0.2, 0.25) is 0 Å². The van der Waals surface area contributed by atoms with Crippen LogP contribution < -0.4 is 0 Å². The second-order valence-corrected chi connectivity index (χ2v) is 9.03. The van der Waals surface area contributed by atoms with Gasteiger partial charge in [0.05, 0.1) is 0 Å². The minimum absolute atomic E-state index is 0.0660. The van der Waals surface area contributed by atoms with Gasteiger partial charge in [0.25, 0.3) is 0 Å². The van der Waals surface area contributed by atoms with Crippen LogP contribution in [0.25, 0.3) is 0 Å². The van der Waals surface area contributed by atoms with Crippen molar-refractivity contribution in [3.05, 3.63) is 11.5 Å². The average molecular weight is 316 g/mol. The Morgan fingerprint density at radius 3 is 1.78 bits per heavy atom. The predicted octanol–water partition coefficient (Wildman–Crippen LogP) is 7.28. The second-order valence-electron chi connectivity index (χ2n) is 9.03. The van der Waals surface area contributed by atoms with E-state index in [4.69, 9.17) is 0 Å². The molecule has 0 heterocycles. The molecular formula is C22H41B. The van der Waals surface area contributed by atoms with Crippen LogP contribution in [-0.2, 0) is 0 Å². The molecule has 0 radical (unpaired) electrons. The molecule has 0 spiro atoms. The van der Waals surface area contributed by atoms with Crippen LogP contribution in [0.5, 0.6) is 0 Å². The second kappa shape index (κ2) is 10.3. The van der Waals surface area contributed by atoms with E-state index in [0.29, 0.717) is 30.2 Å². The summed E-state index contributed by atoms with van der Waals surface area (Å²) in [4.78, 5) is 0. The number of hydrogen-bond acceptors (Lipinski definition) is 0. The zero-order valence-corrected chi connectivity index (χ0v) is 17.6. The summed E-state index contributed by atoms with van der Waals surface area (Å²) in [7, 11) is 0. The van der Waals surface area contributed by atoms with Crippen molar-refractivity contribution in [1.29, 1.82) is 0 Å². The predicted molar refractivity (Wildman–Crippen MR) is 109 cm³/mol. The summed E-state index contributed by atoms with van der Waals surface area (Å²) < 4.78 is 0. The summed E-state index contributed by atoms with van der Waals surface area (Å²) in [5, 5.41) is 0. The van der Waals surface area contributed by atoms with Gasteiger partial charge >= 0.3 is 0 Å². The molecular weight excluding hydrogens is 275 g/mol. The highest BCUT2D eigenvalue weighted by Gasteiger charge is 2.33. The molecule has 0 aliphatic heterocycles. The van der Waals surface area contributed by atoms with Gasteiger partial charge in [-0.15, -0.1) is 0 Å². The molecule has 0 N–H and O–H groups in total. The summed E-state index contributed by atoms with van der Waals surface area (Å²) in [5.74, 6) is 9.80.